The molecule has 0 amide bonds. The van der Waals surface area contributed by atoms with Crippen molar-refractivity contribution in [3.63, 3.8) is 0 Å². The first-order valence-corrected chi connectivity index (χ1v) is 7.95. The molecule has 4 heteroatoms. The van der Waals surface area contributed by atoms with E-state index in [-0.39, 0.29) is 0 Å². The maximum absolute atomic E-state index is 5.43. The van der Waals surface area contributed by atoms with Crippen molar-refractivity contribution in [3.05, 3.63) is 46.4 Å². The third kappa shape index (κ3) is 3.19. The predicted octanol–water partition coefficient (Wildman–Crippen LogP) is 3.22. The highest BCUT2D eigenvalue weighted by atomic mass is 32.1. The fourth-order valence-corrected chi connectivity index (χ4v) is 3.63. The molecular formula is C16H20N2OS. The SMILES string of the molecule is COc1ccccc1CN1CCC(Cc2nccs2)C1. The van der Waals surface area contributed by atoms with Gasteiger partial charge in [-0.15, -0.1) is 11.3 Å². The molecule has 106 valence electrons. The first kappa shape index (κ1) is 13.6. The van der Waals surface area contributed by atoms with E-state index in [0.29, 0.717) is 0 Å². The van der Waals surface area contributed by atoms with Gasteiger partial charge in [-0.25, -0.2) is 4.98 Å². The van der Waals surface area contributed by atoms with E-state index >= 15 is 0 Å². The average molecular weight is 288 g/mol. The third-order valence-corrected chi connectivity index (χ3v) is 4.71. The van der Waals surface area contributed by atoms with Gasteiger partial charge in [-0.2, -0.15) is 0 Å². The number of aromatic nitrogens is 1. The summed E-state index contributed by atoms with van der Waals surface area (Å²) in [4.78, 5) is 6.92. The second-order valence-corrected chi connectivity index (χ2v) is 6.31. The first-order valence-electron chi connectivity index (χ1n) is 7.08. The van der Waals surface area contributed by atoms with Crippen LogP contribution in [0.15, 0.2) is 35.8 Å². The van der Waals surface area contributed by atoms with E-state index in [0.717, 1.165) is 31.2 Å². The minimum atomic E-state index is 0.746. The van der Waals surface area contributed by atoms with Crippen LogP contribution in [-0.4, -0.2) is 30.1 Å². The fraction of sp³-hybridized carbons (Fsp3) is 0.438. The van der Waals surface area contributed by atoms with Gasteiger partial charge in [-0.05, 0) is 24.9 Å². The lowest BCUT2D eigenvalue weighted by Crippen LogP contribution is -2.21. The summed E-state index contributed by atoms with van der Waals surface area (Å²) in [5.74, 6) is 1.74. The lowest BCUT2D eigenvalue weighted by Gasteiger charge is -2.17. The van der Waals surface area contributed by atoms with Crippen LogP contribution in [0.5, 0.6) is 5.75 Å². The van der Waals surface area contributed by atoms with Gasteiger partial charge in [0.2, 0.25) is 0 Å². The van der Waals surface area contributed by atoms with Crippen LogP contribution >= 0.6 is 11.3 Å². The van der Waals surface area contributed by atoms with Gasteiger partial charge in [-0.1, -0.05) is 18.2 Å². The molecule has 1 atom stereocenters. The Kier molecular flexibility index (Phi) is 4.33. The topological polar surface area (TPSA) is 25.4 Å². The Morgan fingerprint density at radius 2 is 2.30 bits per heavy atom. The van der Waals surface area contributed by atoms with Crippen LogP contribution in [0.1, 0.15) is 17.0 Å². The maximum atomic E-state index is 5.43. The number of thiazole rings is 1. The zero-order chi connectivity index (χ0) is 13.8. The largest absolute Gasteiger partial charge is 0.496 e. The van der Waals surface area contributed by atoms with Crippen LogP contribution in [0.25, 0.3) is 0 Å². The summed E-state index contributed by atoms with van der Waals surface area (Å²) >= 11 is 1.77. The van der Waals surface area contributed by atoms with Gasteiger partial charge in [0.15, 0.2) is 0 Å². The summed E-state index contributed by atoms with van der Waals surface area (Å²) in [6.45, 7) is 3.32. The molecule has 1 saturated heterocycles. The number of hydrogen-bond acceptors (Lipinski definition) is 4. The lowest BCUT2D eigenvalue weighted by atomic mass is 10.1. The second-order valence-electron chi connectivity index (χ2n) is 5.33. The standard InChI is InChI=1S/C16H20N2OS/c1-19-15-5-3-2-4-14(15)12-18-8-6-13(11-18)10-16-17-7-9-20-16/h2-5,7,9,13H,6,8,10-12H2,1H3. The Morgan fingerprint density at radius 3 is 3.10 bits per heavy atom. The van der Waals surface area contributed by atoms with Gasteiger partial charge in [0.05, 0.1) is 12.1 Å². The van der Waals surface area contributed by atoms with Gasteiger partial charge in [-0.3, -0.25) is 4.90 Å². The molecule has 0 spiro atoms. The lowest BCUT2D eigenvalue weighted by molar-refractivity contribution is 0.308. The number of nitrogens with zero attached hydrogens (tertiary/aromatic N) is 2. The molecule has 1 fully saturated rings. The molecule has 1 aliphatic heterocycles. The molecular weight excluding hydrogens is 268 g/mol. The Morgan fingerprint density at radius 1 is 1.40 bits per heavy atom. The minimum Gasteiger partial charge on any atom is -0.496 e. The van der Waals surface area contributed by atoms with E-state index in [1.54, 1.807) is 18.4 Å². The van der Waals surface area contributed by atoms with Crippen molar-refractivity contribution in [1.82, 2.24) is 9.88 Å². The van der Waals surface area contributed by atoms with Crippen LogP contribution in [0, 0.1) is 5.92 Å². The number of rotatable bonds is 5. The summed E-state index contributed by atoms with van der Waals surface area (Å²) in [5.41, 5.74) is 1.28. The van der Waals surface area contributed by atoms with Gasteiger partial charge < -0.3 is 4.74 Å². The van der Waals surface area contributed by atoms with Gasteiger partial charge in [0.25, 0.3) is 0 Å². The van der Waals surface area contributed by atoms with Gasteiger partial charge in [0, 0.05) is 36.7 Å². The molecule has 2 heterocycles. The van der Waals surface area contributed by atoms with Crippen molar-refractivity contribution in [3.8, 4) is 5.75 Å². The van der Waals surface area contributed by atoms with Crippen molar-refractivity contribution in [2.24, 2.45) is 5.92 Å². The van der Waals surface area contributed by atoms with E-state index < -0.39 is 0 Å². The summed E-state index contributed by atoms with van der Waals surface area (Å²) in [6, 6.07) is 8.31. The van der Waals surface area contributed by atoms with Crippen molar-refractivity contribution < 1.29 is 4.74 Å². The first-order chi connectivity index (χ1) is 9.85. The Balaban J connectivity index is 1.57. The smallest absolute Gasteiger partial charge is 0.123 e. The molecule has 20 heavy (non-hydrogen) atoms. The minimum absolute atomic E-state index is 0.746. The van der Waals surface area contributed by atoms with Crippen molar-refractivity contribution >= 4 is 11.3 Å². The Hall–Kier alpha value is -1.39. The Bertz CT molecular complexity index is 541. The fourth-order valence-electron chi connectivity index (χ4n) is 2.90. The number of hydrogen-bond donors (Lipinski definition) is 0. The number of benzene rings is 1. The molecule has 1 aromatic heterocycles. The summed E-state index contributed by atoms with van der Waals surface area (Å²) in [6.07, 6.45) is 4.30. The molecule has 0 bridgehead atoms. The zero-order valence-electron chi connectivity index (χ0n) is 11.8. The molecule has 2 aromatic rings. The number of para-hydroxylation sites is 1. The molecule has 0 saturated carbocycles. The van der Waals surface area contributed by atoms with Crippen molar-refractivity contribution in [2.75, 3.05) is 20.2 Å². The Labute approximate surface area is 124 Å². The number of ether oxygens (including phenoxy) is 1. The molecule has 1 aliphatic rings. The van der Waals surface area contributed by atoms with Crippen molar-refractivity contribution in [2.45, 2.75) is 19.4 Å². The third-order valence-electron chi connectivity index (χ3n) is 3.90. The number of likely N-dealkylation sites (tertiary alicyclic amines) is 1. The highest BCUT2D eigenvalue weighted by Crippen LogP contribution is 2.25. The number of methoxy groups -OCH3 is 1. The highest BCUT2D eigenvalue weighted by Gasteiger charge is 2.23. The van der Waals surface area contributed by atoms with E-state index in [2.05, 4.69) is 27.4 Å². The monoisotopic (exact) mass is 288 g/mol. The molecule has 3 nitrogen and oxygen atoms in total. The quantitative estimate of drug-likeness (QED) is 0.844. The molecule has 0 aliphatic carbocycles. The highest BCUT2D eigenvalue weighted by molar-refractivity contribution is 7.09. The summed E-state index contributed by atoms with van der Waals surface area (Å²) in [7, 11) is 1.74. The van der Waals surface area contributed by atoms with E-state index in [1.807, 2.05) is 18.3 Å². The summed E-state index contributed by atoms with van der Waals surface area (Å²) < 4.78 is 5.43. The van der Waals surface area contributed by atoms with Crippen LogP contribution in [0.3, 0.4) is 0 Å². The summed E-state index contributed by atoms with van der Waals surface area (Å²) in [5, 5.41) is 3.34. The van der Waals surface area contributed by atoms with Crippen LogP contribution in [0.4, 0.5) is 0 Å². The molecule has 1 aromatic carbocycles. The van der Waals surface area contributed by atoms with Gasteiger partial charge >= 0.3 is 0 Å². The normalized spacial score (nSPS) is 19.4. The van der Waals surface area contributed by atoms with E-state index in [9.17, 15) is 0 Å². The zero-order valence-corrected chi connectivity index (χ0v) is 12.6. The van der Waals surface area contributed by atoms with Crippen LogP contribution < -0.4 is 4.74 Å². The maximum Gasteiger partial charge on any atom is 0.123 e. The molecule has 0 radical (unpaired) electrons. The molecule has 1 unspecified atom stereocenters. The van der Waals surface area contributed by atoms with Gasteiger partial charge in [0.1, 0.15) is 5.75 Å². The predicted molar refractivity (Wildman–Crippen MR) is 82.2 cm³/mol. The van der Waals surface area contributed by atoms with E-state index in [1.165, 1.54) is 23.5 Å². The molecule has 3 rings (SSSR count). The van der Waals surface area contributed by atoms with Crippen LogP contribution in [0.2, 0.25) is 0 Å². The van der Waals surface area contributed by atoms with Crippen molar-refractivity contribution in [1.29, 1.82) is 0 Å². The molecule has 0 N–H and O–H groups in total. The van der Waals surface area contributed by atoms with E-state index in [4.69, 9.17) is 4.74 Å². The second kappa shape index (κ2) is 6.37. The van der Waals surface area contributed by atoms with Crippen LogP contribution in [-0.2, 0) is 13.0 Å². The average Bonchev–Trinajstić information content (AvgIpc) is 3.12.